The highest BCUT2D eigenvalue weighted by Gasteiger charge is 2.30. The fourth-order valence-electron chi connectivity index (χ4n) is 3.61. The SMILES string of the molecule is CN(C)c1ccc(-c2ncc(CNC(=O)c3ccc4c(c3)NC(=O)c3cccn3S4(=O)=O)s2)cn1. The molecular formula is C23H20N6O4S2. The maximum atomic E-state index is 12.9. The number of thiazole rings is 1. The van der Waals surface area contributed by atoms with Crippen LogP contribution in [-0.2, 0) is 16.6 Å². The summed E-state index contributed by atoms with van der Waals surface area (Å²) in [4.78, 5) is 36.7. The van der Waals surface area contributed by atoms with Crippen LogP contribution >= 0.6 is 11.3 Å². The molecule has 0 spiro atoms. The molecule has 2 N–H and O–H groups in total. The van der Waals surface area contributed by atoms with Gasteiger partial charge >= 0.3 is 0 Å². The number of nitrogens with zero attached hydrogens (tertiary/aromatic N) is 4. The topological polar surface area (TPSA) is 126 Å². The van der Waals surface area contributed by atoms with Crippen LogP contribution in [-0.4, -0.2) is 48.3 Å². The van der Waals surface area contributed by atoms with Gasteiger partial charge in [-0.2, -0.15) is 0 Å². The maximum Gasteiger partial charge on any atom is 0.273 e. The summed E-state index contributed by atoms with van der Waals surface area (Å²) in [6.07, 6.45) is 4.76. The van der Waals surface area contributed by atoms with Crippen LogP contribution in [0.1, 0.15) is 25.7 Å². The summed E-state index contributed by atoms with van der Waals surface area (Å²) >= 11 is 1.44. The van der Waals surface area contributed by atoms with E-state index in [2.05, 4.69) is 20.6 Å². The molecule has 10 nitrogen and oxygen atoms in total. The smallest absolute Gasteiger partial charge is 0.273 e. The molecule has 0 radical (unpaired) electrons. The number of fused-ring (bicyclic) bond motifs is 2. The molecule has 0 bridgehead atoms. The van der Waals surface area contributed by atoms with Gasteiger partial charge in [-0.25, -0.2) is 22.4 Å². The monoisotopic (exact) mass is 508 g/mol. The van der Waals surface area contributed by atoms with Crippen LogP contribution in [0.15, 0.2) is 66.0 Å². The maximum absolute atomic E-state index is 12.9. The summed E-state index contributed by atoms with van der Waals surface area (Å²) in [5.74, 6) is -0.133. The summed E-state index contributed by atoms with van der Waals surface area (Å²) < 4.78 is 26.8. The van der Waals surface area contributed by atoms with Crippen molar-refractivity contribution in [1.29, 1.82) is 0 Å². The van der Waals surface area contributed by atoms with Crippen molar-refractivity contribution in [2.24, 2.45) is 0 Å². The minimum absolute atomic E-state index is 0.000226. The Morgan fingerprint density at radius 1 is 1.14 bits per heavy atom. The van der Waals surface area contributed by atoms with E-state index in [1.165, 1.54) is 47.9 Å². The Bertz CT molecular complexity index is 1550. The Hall–Kier alpha value is -4.03. The number of anilines is 2. The lowest BCUT2D eigenvalue weighted by Gasteiger charge is -2.10. The summed E-state index contributed by atoms with van der Waals surface area (Å²) in [5.41, 5.74) is 1.16. The highest BCUT2D eigenvalue weighted by molar-refractivity contribution is 7.90. The van der Waals surface area contributed by atoms with Crippen molar-refractivity contribution in [2.45, 2.75) is 11.4 Å². The molecule has 3 aromatic heterocycles. The number of amides is 2. The van der Waals surface area contributed by atoms with Crippen molar-refractivity contribution >= 4 is 44.7 Å². The zero-order valence-corrected chi connectivity index (χ0v) is 20.4. The Labute approximate surface area is 205 Å². The van der Waals surface area contributed by atoms with Gasteiger partial charge in [0.05, 0.1) is 12.2 Å². The predicted octanol–water partition coefficient (Wildman–Crippen LogP) is 2.81. The molecule has 1 aliphatic heterocycles. The number of carbonyl (C=O) groups excluding carboxylic acids is 2. The summed E-state index contributed by atoms with van der Waals surface area (Å²) in [7, 11) is -0.134. The number of rotatable bonds is 5. The molecule has 0 saturated carbocycles. The number of hydrogen-bond donors (Lipinski definition) is 2. The number of carbonyl (C=O) groups is 2. The summed E-state index contributed by atoms with van der Waals surface area (Å²) in [5, 5.41) is 6.18. The minimum Gasteiger partial charge on any atom is -0.363 e. The first kappa shape index (κ1) is 22.7. The number of aromatic nitrogens is 3. The number of benzene rings is 1. The molecule has 35 heavy (non-hydrogen) atoms. The molecule has 12 heteroatoms. The molecule has 0 atom stereocenters. The fraction of sp³-hybridized carbons (Fsp3) is 0.130. The van der Waals surface area contributed by atoms with Gasteiger partial charge in [-0.15, -0.1) is 11.3 Å². The van der Waals surface area contributed by atoms with Crippen LogP contribution in [0.2, 0.25) is 0 Å². The standard InChI is InChI=1S/C23H20N6O4S2/c1-28(2)20-8-6-15(11-24-20)23-26-13-16(34-23)12-25-21(30)14-5-7-19-17(10-14)27-22(31)18-4-3-9-29(18)35(19,32)33/h3-11,13H,12H2,1-2H3,(H,25,30)(H,27,31). The highest BCUT2D eigenvalue weighted by Crippen LogP contribution is 2.30. The quantitative estimate of drug-likeness (QED) is 0.424. The first-order valence-electron chi connectivity index (χ1n) is 10.5. The largest absolute Gasteiger partial charge is 0.363 e. The molecule has 0 saturated heterocycles. The van der Waals surface area contributed by atoms with Crippen LogP contribution in [0.25, 0.3) is 10.6 Å². The van der Waals surface area contributed by atoms with Crippen molar-refractivity contribution in [3.05, 3.63) is 77.2 Å². The van der Waals surface area contributed by atoms with Gasteiger partial charge in [0.15, 0.2) is 0 Å². The van der Waals surface area contributed by atoms with E-state index in [-0.39, 0.29) is 28.4 Å². The molecule has 4 heterocycles. The van der Waals surface area contributed by atoms with Gasteiger partial charge in [0.1, 0.15) is 21.4 Å². The molecule has 1 aromatic carbocycles. The molecule has 1 aliphatic rings. The first-order valence-corrected chi connectivity index (χ1v) is 12.7. The Morgan fingerprint density at radius 3 is 2.71 bits per heavy atom. The molecule has 2 amide bonds. The van der Waals surface area contributed by atoms with Gasteiger partial charge in [-0.05, 0) is 42.5 Å². The molecule has 0 unspecified atom stereocenters. The van der Waals surface area contributed by atoms with E-state index < -0.39 is 21.8 Å². The number of nitrogens with one attached hydrogen (secondary N) is 2. The Balaban J connectivity index is 1.31. The van der Waals surface area contributed by atoms with Crippen molar-refractivity contribution in [3.63, 3.8) is 0 Å². The average Bonchev–Trinajstić information content (AvgIpc) is 3.51. The van der Waals surface area contributed by atoms with E-state index in [9.17, 15) is 18.0 Å². The Morgan fingerprint density at radius 2 is 1.97 bits per heavy atom. The van der Waals surface area contributed by atoms with Gasteiger partial charge < -0.3 is 15.5 Å². The van der Waals surface area contributed by atoms with E-state index in [1.54, 1.807) is 12.4 Å². The highest BCUT2D eigenvalue weighted by atomic mass is 32.2. The van der Waals surface area contributed by atoms with E-state index >= 15 is 0 Å². The van der Waals surface area contributed by atoms with Gasteiger partial charge in [-0.1, -0.05) is 0 Å². The molecule has 0 fully saturated rings. The van der Waals surface area contributed by atoms with Gasteiger partial charge in [0.25, 0.3) is 21.8 Å². The van der Waals surface area contributed by atoms with Crippen LogP contribution in [0.3, 0.4) is 0 Å². The third-order valence-electron chi connectivity index (χ3n) is 5.40. The van der Waals surface area contributed by atoms with Gasteiger partial charge in [0, 0.05) is 48.7 Å². The van der Waals surface area contributed by atoms with E-state index in [4.69, 9.17) is 0 Å². The van der Waals surface area contributed by atoms with Crippen molar-refractivity contribution < 1.29 is 18.0 Å². The zero-order chi connectivity index (χ0) is 24.7. The molecule has 5 rings (SSSR count). The van der Waals surface area contributed by atoms with Crippen LogP contribution < -0.4 is 15.5 Å². The molecular weight excluding hydrogens is 488 g/mol. The number of hydrogen-bond acceptors (Lipinski definition) is 8. The van der Waals surface area contributed by atoms with Crippen LogP contribution in [0.4, 0.5) is 11.5 Å². The third kappa shape index (κ3) is 4.17. The lowest BCUT2D eigenvalue weighted by molar-refractivity contribution is 0.0949. The predicted molar refractivity (Wildman–Crippen MR) is 132 cm³/mol. The molecule has 178 valence electrons. The van der Waals surface area contributed by atoms with E-state index in [0.29, 0.717) is 0 Å². The molecule has 0 aliphatic carbocycles. The lowest BCUT2D eigenvalue weighted by Crippen LogP contribution is -2.22. The van der Waals surface area contributed by atoms with Crippen LogP contribution in [0, 0.1) is 0 Å². The lowest BCUT2D eigenvalue weighted by atomic mass is 10.2. The van der Waals surface area contributed by atoms with E-state index in [0.717, 1.165) is 25.2 Å². The van der Waals surface area contributed by atoms with Gasteiger partial charge in [0.2, 0.25) is 0 Å². The molecule has 4 aromatic rings. The second-order valence-corrected chi connectivity index (χ2v) is 10.9. The van der Waals surface area contributed by atoms with Crippen molar-refractivity contribution in [3.8, 4) is 10.6 Å². The zero-order valence-electron chi connectivity index (χ0n) is 18.7. The Kier molecular flexibility index (Phi) is 5.61. The normalized spacial score (nSPS) is 13.8. The summed E-state index contributed by atoms with van der Waals surface area (Å²) in [6.45, 7) is 0.243. The van der Waals surface area contributed by atoms with Crippen LogP contribution in [0.5, 0.6) is 0 Å². The van der Waals surface area contributed by atoms with E-state index in [1.807, 2.05) is 31.1 Å². The van der Waals surface area contributed by atoms with Crippen molar-refractivity contribution in [1.82, 2.24) is 19.3 Å². The second-order valence-electron chi connectivity index (χ2n) is 7.97. The summed E-state index contributed by atoms with van der Waals surface area (Å²) in [6, 6.07) is 10.9. The van der Waals surface area contributed by atoms with Gasteiger partial charge in [-0.3, -0.25) is 9.59 Å². The average molecular weight is 509 g/mol. The first-order chi connectivity index (χ1) is 16.7. The minimum atomic E-state index is -3.97. The van der Waals surface area contributed by atoms with Crippen molar-refractivity contribution in [2.75, 3.05) is 24.3 Å². The fourth-order valence-corrected chi connectivity index (χ4v) is 5.92. The second kappa shape index (κ2) is 8.64. The third-order valence-corrected chi connectivity index (χ3v) is 8.20. The number of pyridine rings is 1.